The molecule has 0 saturated carbocycles. The van der Waals surface area contributed by atoms with Gasteiger partial charge < -0.3 is 23.7 Å². The van der Waals surface area contributed by atoms with Crippen molar-refractivity contribution in [3.63, 3.8) is 0 Å². The summed E-state index contributed by atoms with van der Waals surface area (Å²) in [6.45, 7) is 4.16. The summed E-state index contributed by atoms with van der Waals surface area (Å²) in [5.74, 6) is 1.47. The van der Waals surface area contributed by atoms with E-state index in [9.17, 15) is 5.11 Å². The van der Waals surface area contributed by atoms with Gasteiger partial charge in [-0.25, -0.2) is 15.0 Å². The van der Waals surface area contributed by atoms with Crippen LogP contribution in [0.1, 0.15) is 29.7 Å². The molecule has 9 heteroatoms. The summed E-state index contributed by atoms with van der Waals surface area (Å²) >= 11 is 6.70. The average Bonchev–Trinajstić information content (AvgIpc) is 3.35. The van der Waals surface area contributed by atoms with Crippen LogP contribution in [-0.4, -0.2) is 42.9 Å². The number of hydrogen-bond acceptors (Lipinski definition) is 6. The van der Waals surface area contributed by atoms with Crippen molar-refractivity contribution in [1.29, 1.82) is 0 Å². The molecule has 0 saturated heterocycles. The summed E-state index contributed by atoms with van der Waals surface area (Å²) in [7, 11) is 5.23. The van der Waals surface area contributed by atoms with E-state index in [1.807, 2.05) is 44.6 Å². The molecule has 1 aromatic carbocycles. The Morgan fingerprint density at radius 1 is 1.19 bits per heavy atom. The lowest BCUT2D eigenvalue weighted by Crippen LogP contribution is -2.33. The van der Waals surface area contributed by atoms with Crippen LogP contribution in [0, 0.1) is 6.92 Å². The van der Waals surface area contributed by atoms with Gasteiger partial charge in [0.15, 0.2) is 5.60 Å². The molecule has 1 unspecified atom stereocenters. The van der Waals surface area contributed by atoms with Crippen molar-refractivity contribution >= 4 is 22.5 Å². The van der Waals surface area contributed by atoms with Gasteiger partial charge in [-0.15, -0.1) is 0 Å². The Morgan fingerprint density at radius 2 is 1.97 bits per heavy atom. The molecule has 3 aromatic heterocycles. The van der Waals surface area contributed by atoms with Crippen LogP contribution in [-0.2, 0) is 19.7 Å². The molecule has 3 heterocycles. The highest BCUT2D eigenvalue weighted by atomic mass is 35.5. The fraction of sp³-hybridized carbons (Fsp3) is 0.318. The van der Waals surface area contributed by atoms with Crippen molar-refractivity contribution in [2.24, 2.45) is 14.1 Å². The van der Waals surface area contributed by atoms with Gasteiger partial charge in [0.25, 0.3) is 5.88 Å². The van der Waals surface area contributed by atoms with Gasteiger partial charge in [-0.05, 0) is 31.5 Å². The van der Waals surface area contributed by atoms with Crippen LogP contribution in [0.3, 0.4) is 0 Å². The molecule has 0 fully saturated rings. The second kappa shape index (κ2) is 7.86. The fourth-order valence-electron chi connectivity index (χ4n) is 3.79. The van der Waals surface area contributed by atoms with Crippen molar-refractivity contribution in [1.82, 2.24) is 24.1 Å². The molecule has 0 spiro atoms. The molecule has 0 aliphatic heterocycles. The van der Waals surface area contributed by atoms with Crippen LogP contribution in [0.4, 0.5) is 0 Å². The normalized spacial score (nSPS) is 13.4. The summed E-state index contributed by atoms with van der Waals surface area (Å²) < 4.78 is 14.7. The first kappa shape index (κ1) is 21.1. The highest BCUT2D eigenvalue weighted by Crippen LogP contribution is 2.42. The minimum atomic E-state index is -1.52. The predicted molar refractivity (Wildman–Crippen MR) is 118 cm³/mol. The van der Waals surface area contributed by atoms with Gasteiger partial charge in [0, 0.05) is 19.5 Å². The van der Waals surface area contributed by atoms with Crippen molar-refractivity contribution in [2.45, 2.75) is 19.4 Å². The molecule has 4 aromatic rings. The lowest BCUT2D eigenvalue weighted by molar-refractivity contribution is 0.109. The van der Waals surface area contributed by atoms with E-state index in [-0.39, 0.29) is 0 Å². The molecule has 8 nitrogen and oxygen atoms in total. The van der Waals surface area contributed by atoms with E-state index in [2.05, 4.69) is 15.0 Å². The highest BCUT2D eigenvalue weighted by molar-refractivity contribution is 6.37. The maximum absolute atomic E-state index is 12.2. The smallest absolute Gasteiger partial charge is 0.258 e. The van der Waals surface area contributed by atoms with Crippen LogP contribution in [0.5, 0.6) is 11.6 Å². The van der Waals surface area contributed by atoms with Crippen LogP contribution >= 0.6 is 11.6 Å². The molecule has 1 atom stereocenters. The number of benzene rings is 1. The van der Waals surface area contributed by atoms with Gasteiger partial charge in [-0.2, -0.15) is 0 Å². The molecular formula is C22H24ClN5O3. The van der Waals surface area contributed by atoms with Crippen LogP contribution in [0.15, 0.2) is 36.9 Å². The van der Waals surface area contributed by atoms with E-state index in [4.69, 9.17) is 21.1 Å². The van der Waals surface area contributed by atoms with Gasteiger partial charge in [0.05, 0.1) is 54.4 Å². The third-order valence-electron chi connectivity index (χ3n) is 5.53. The Morgan fingerprint density at radius 3 is 2.55 bits per heavy atom. The van der Waals surface area contributed by atoms with Crippen molar-refractivity contribution in [2.75, 3.05) is 13.7 Å². The number of methoxy groups -OCH3 is 1. The first-order valence-electron chi connectivity index (χ1n) is 9.81. The van der Waals surface area contributed by atoms with Gasteiger partial charge >= 0.3 is 0 Å². The Kier molecular flexibility index (Phi) is 5.36. The number of halogens is 1. The number of imidazole rings is 2. The second-order valence-electron chi connectivity index (χ2n) is 7.28. The molecule has 0 aliphatic rings. The molecule has 0 aliphatic carbocycles. The van der Waals surface area contributed by atoms with E-state index in [1.165, 1.54) is 7.11 Å². The number of nitrogens with zero attached hydrogens (tertiary/aromatic N) is 5. The number of pyridine rings is 1. The Bertz CT molecular complexity index is 1270. The van der Waals surface area contributed by atoms with E-state index in [0.29, 0.717) is 51.1 Å². The number of ether oxygens (including phenoxy) is 2. The Balaban J connectivity index is 2.02. The lowest BCUT2D eigenvalue weighted by Gasteiger charge is -2.30. The maximum atomic E-state index is 12.2. The van der Waals surface area contributed by atoms with Crippen molar-refractivity contribution < 1.29 is 14.6 Å². The lowest BCUT2D eigenvalue weighted by atomic mass is 9.86. The molecular weight excluding hydrogens is 418 g/mol. The van der Waals surface area contributed by atoms with Gasteiger partial charge in [-0.1, -0.05) is 17.7 Å². The van der Waals surface area contributed by atoms with Crippen LogP contribution in [0.2, 0.25) is 5.02 Å². The van der Waals surface area contributed by atoms with E-state index >= 15 is 0 Å². The van der Waals surface area contributed by atoms with Gasteiger partial charge in [-0.3, -0.25) is 0 Å². The van der Waals surface area contributed by atoms with Crippen molar-refractivity contribution in [3.8, 4) is 11.6 Å². The Hall–Kier alpha value is -3.10. The third-order valence-corrected chi connectivity index (χ3v) is 5.90. The molecule has 31 heavy (non-hydrogen) atoms. The number of hydrogen-bond donors (Lipinski definition) is 1. The van der Waals surface area contributed by atoms with Crippen LogP contribution < -0.4 is 9.47 Å². The minimum absolute atomic E-state index is 0.316. The average molecular weight is 442 g/mol. The summed E-state index contributed by atoms with van der Waals surface area (Å²) in [4.78, 5) is 13.1. The maximum Gasteiger partial charge on any atom is 0.258 e. The molecule has 0 radical (unpaired) electrons. The fourth-order valence-corrected chi connectivity index (χ4v) is 4.08. The van der Waals surface area contributed by atoms with Gasteiger partial charge in [0.1, 0.15) is 5.82 Å². The van der Waals surface area contributed by atoms with E-state index in [1.54, 1.807) is 29.4 Å². The minimum Gasteiger partial charge on any atom is -0.487 e. The van der Waals surface area contributed by atoms with Crippen molar-refractivity contribution in [3.05, 3.63) is 64.7 Å². The molecule has 0 bridgehead atoms. The zero-order valence-corrected chi connectivity index (χ0v) is 18.8. The number of aromatic nitrogens is 5. The Labute approximate surface area is 185 Å². The molecule has 0 amide bonds. The topological polar surface area (TPSA) is 87.2 Å². The number of aliphatic hydroxyl groups is 1. The quantitative estimate of drug-likeness (QED) is 0.493. The molecule has 4 rings (SSSR count). The van der Waals surface area contributed by atoms with E-state index < -0.39 is 5.60 Å². The first-order chi connectivity index (χ1) is 14.8. The number of rotatable bonds is 6. The highest BCUT2D eigenvalue weighted by Gasteiger charge is 2.40. The number of aryl methyl sites for hydroxylation is 2. The summed E-state index contributed by atoms with van der Waals surface area (Å²) in [6, 6.07) is 5.45. The largest absolute Gasteiger partial charge is 0.487 e. The number of fused-ring (bicyclic) bond motifs is 1. The summed E-state index contributed by atoms with van der Waals surface area (Å²) in [5.41, 5.74) is 0.906. The van der Waals surface area contributed by atoms with Gasteiger partial charge in [0.2, 0.25) is 5.75 Å². The predicted octanol–water partition coefficient (Wildman–Crippen LogP) is 3.36. The standard InChI is InChI=1S/C22H24ClN5O3/c1-6-31-20-19(23)15-9-14(7-8-16(15)26-21(20)30-5)22(29,17-10-24-12-27(17)3)18-11-25-13(2)28(18)4/h7-12,29H,6H2,1-5H3. The monoisotopic (exact) mass is 441 g/mol. The second-order valence-corrected chi connectivity index (χ2v) is 7.66. The molecule has 1 N–H and O–H groups in total. The van der Waals surface area contributed by atoms with Crippen LogP contribution in [0.25, 0.3) is 10.9 Å². The van der Waals surface area contributed by atoms with E-state index in [0.717, 1.165) is 5.82 Å². The summed E-state index contributed by atoms with van der Waals surface area (Å²) in [6.07, 6.45) is 4.97. The SMILES string of the molecule is CCOc1c(OC)nc2ccc(C(O)(c3cncn3C)c3cnc(C)n3C)cc2c1Cl. The summed E-state index contributed by atoms with van der Waals surface area (Å²) in [5, 5.41) is 13.2. The molecule has 162 valence electrons. The zero-order valence-electron chi connectivity index (χ0n) is 18.0. The zero-order chi connectivity index (χ0) is 22.3. The third kappa shape index (κ3) is 3.23. The first-order valence-corrected chi connectivity index (χ1v) is 10.2.